The minimum absolute atomic E-state index is 0.000211. The summed E-state index contributed by atoms with van der Waals surface area (Å²) in [6.07, 6.45) is 1.64. The van der Waals surface area contributed by atoms with Gasteiger partial charge >= 0.3 is 0 Å². The first-order valence-electron chi connectivity index (χ1n) is 9.12. The number of nitrogens with zero attached hydrogens (tertiary/aromatic N) is 3. The molecule has 7 heteroatoms. The van der Waals surface area contributed by atoms with Crippen LogP contribution < -0.4 is 10.1 Å². The lowest BCUT2D eigenvalue weighted by molar-refractivity contribution is 0.0674. The Morgan fingerprint density at radius 2 is 2.11 bits per heavy atom. The lowest BCUT2D eigenvalue weighted by Gasteiger charge is -2.27. The van der Waals surface area contributed by atoms with Crippen molar-refractivity contribution in [1.29, 1.82) is 0 Å². The molecule has 0 spiro atoms. The number of benzene rings is 1. The topological polar surface area (TPSA) is 80.5 Å². The molecule has 1 aromatic carbocycles. The molecule has 7 nitrogen and oxygen atoms in total. The van der Waals surface area contributed by atoms with Crippen molar-refractivity contribution in [2.45, 2.75) is 6.04 Å². The number of pyridine rings is 1. The van der Waals surface area contributed by atoms with Crippen molar-refractivity contribution < 1.29 is 14.1 Å². The maximum absolute atomic E-state index is 13.4. The highest BCUT2D eigenvalue weighted by Gasteiger charge is 2.47. The number of hydrogen-bond acceptors (Lipinski definition) is 6. The van der Waals surface area contributed by atoms with Crippen molar-refractivity contribution >= 4 is 16.9 Å². The third kappa shape index (κ3) is 2.57. The van der Waals surface area contributed by atoms with E-state index >= 15 is 0 Å². The zero-order chi connectivity index (χ0) is 18.4. The first-order valence-corrected chi connectivity index (χ1v) is 9.12. The highest BCUT2D eigenvalue weighted by atomic mass is 16.5. The van der Waals surface area contributed by atoms with E-state index in [1.807, 2.05) is 35.2 Å². The van der Waals surface area contributed by atoms with E-state index in [2.05, 4.69) is 15.5 Å². The molecule has 0 aliphatic carbocycles. The van der Waals surface area contributed by atoms with Crippen LogP contribution in [0.3, 0.4) is 0 Å². The van der Waals surface area contributed by atoms with Crippen LogP contribution in [0.1, 0.15) is 22.2 Å². The van der Waals surface area contributed by atoms with Crippen molar-refractivity contribution in [3.05, 3.63) is 53.9 Å². The van der Waals surface area contributed by atoms with Gasteiger partial charge in [-0.25, -0.2) is 4.98 Å². The maximum Gasteiger partial charge on any atom is 0.293 e. The van der Waals surface area contributed by atoms with Gasteiger partial charge in [-0.2, -0.15) is 0 Å². The molecular formula is C20H20N4O3. The molecule has 3 atom stereocenters. The molecule has 3 aromatic rings. The van der Waals surface area contributed by atoms with Gasteiger partial charge in [-0.05, 0) is 35.7 Å². The Hall–Kier alpha value is -2.93. The molecule has 0 unspecified atom stereocenters. The molecule has 5 rings (SSSR count). The third-order valence-electron chi connectivity index (χ3n) is 5.73. The number of carbonyl (C=O) groups is 1. The normalized spacial score (nSPS) is 24.3. The fraction of sp³-hybridized carbons (Fsp3) is 0.350. The van der Waals surface area contributed by atoms with Crippen molar-refractivity contribution in [1.82, 2.24) is 20.4 Å². The Kier molecular flexibility index (Phi) is 3.82. The predicted molar refractivity (Wildman–Crippen MR) is 98.4 cm³/mol. The van der Waals surface area contributed by atoms with E-state index in [0.29, 0.717) is 29.4 Å². The average molecular weight is 364 g/mol. The molecule has 2 aliphatic heterocycles. The zero-order valence-electron chi connectivity index (χ0n) is 15.0. The van der Waals surface area contributed by atoms with E-state index in [4.69, 9.17) is 9.26 Å². The lowest BCUT2D eigenvalue weighted by Crippen LogP contribution is -2.34. The van der Waals surface area contributed by atoms with Crippen LogP contribution in [-0.4, -0.2) is 47.7 Å². The number of amides is 1. The van der Waals surface area contributed by atoms with Crippen molar-refractivity contribution in [3.63, 3.8) is 0 Å². The van der Waals surface area contributed by atoms with Crippen molar-refractivity contribution in [3.8, 4) is 5.75 Å². The summed E-state index contributed by atoms with van der Waals surface area (Å²) in [5.41, 5.74) is 1.57. The Bertz CT molecular complexity index is 984. The molecule has 0 saturated carbocycles. The van der Waals surface area contributed by atoms with E-state index in [1.54, 1.807) is 19.4 Å². The second kappa shape index (κ2) is 6.35. The monoisotopic (exact) mass is 364 g/mol. The largest absolute Gasteiger partial charge is 0.497 e. The molecule has 0 radical (unpaired) electrons. The molecule has 0 bridgehead atoms. The summed E-state index contributed by atoms with van der Waals surface area (Å²) in [6, 6.07) is 11.6. The van der Waals surface area contributed by atoms with Gasteiger partial charge in [0.1, 0.15) is 5.75 Å². The molecule has 2 saturated heterocycles. The van der Waals surface area contributed by atoms with E-state index in [-0.39, 0.29) is 17.7 Å². The summed E-state index contributed by atoms with van der Waals surface area (Å²) < 4.78 is 10.7. The summed E-state index contributed by atoms with van der Waals surface area (Å²) in [7, 11) is 1.65. The van der Waals surface area contributed by atoms with Crippen LogP contribution in [0.5, 0.6) is 5.75 Å². The fourth-order valence-corrected chi connectivity index (χ4v) is 4.43. The second-order valence-electron chi connectivity index (χ2n) is 7.14. The zero-order valence-corrected chi connectivity index (χ0v) is 15.0. The molecule has 138 valence electrons. The van der Waals surface area contributed by atoms with Gasteiger partial charge in [-0.1, -0.05) is 17.3 Å². The van der Waals surface area contributed by atoms with E-state index in [0.717, 1.165) is 24.4 Å². The van der Waals surface area contributed by atoms with Gasteiger partial charge in [0, 0.05) is 31.7 Å². The SMILES string of the molecule is COc1ccc([C@@H]2[C@H]3CNC[C@H]3CN2C(=O)c2onc3ncccc23)cc1. The van der Waals surface area contributed by atoms with Gasteiger partial charge in [-0.3, -0.25) is 4.79 Å². The van der Waals surface area contributed by atoms with E-state index in [1.165, 1.54) is 0 Å². The van der Waals surface area contributed by atoms with Gasteiger partial charge in [0.15, 0.2) is 0 Å². The Morgan fingerprint density at radius 3 is 2.93 bits per heavy atom. The quantitative estimate of drug-likeness (QED) is 0.768. The maximum atomic E-state index is 13.4. The standard InChI is InChI=1S/C20H20N4O3/c1-26-14-6-4-12(5-7-14)17-16-10-21-9-13(16)11-24(17)20(25)18-15-3-2-8-22-19(15)23-27-18/h2-8,13,16-17,21H,9-11H2,1H3/t13-,16-,17+/m0/s1. The number of hydrogen-bond donors (Lipinski definition) is 1. The summed E-state index contributed by atoms with van der Waals surface area (Å²) in [5.74, 6) is 1.77. The van der Waals surface area contributed by atoms with Gasteiger partial charge in [0.25, 0.3) is 5.91 Å². The molecule has 1 N–H and O–H groups in total. The number of methoxy groups -OCH3 is 1. The van der Waals surface area contributed by atoms with Crippen molar-refractivity contribution in [2.75, 3.05) is 26.7 Å². The average Bonchev–Trinajstić information content (AvgIpc) is 3.41. The Balaban J connectivity index is 1.53. The highest BCUT2D eigenvalue weighted by Crippen LogP contribution is 2.43. The van der Waals surface area contributed by atoms with Gasteiger partial charge < -0.3 is 19.5 Å². The molecule has 1 amide bonds. The Labute approximate surface area is 156 Å². The van der Waals surface area contributed by atoms with Crippen LogP contribution in [0, 0.1) is 11.8 Å². The summed E-state index contributed by atoms with van der Waals surface area (Å²) in [4.78, 5) is 19.5. The van der Waals surface area contributed by atoms with Crippen LogP contribution in [0.25, 0.3) is 11.0 Å². The second-order valence-corrected chi connectivity index (χ2v) is 7.14. The van der Waals surface area contributed by atoms with Gasteiger partial charge in [-0.15, -0.1) is 0 Å². The summed E-state index contributed by atoms with van der Waals surface area (Å²) in [6.45, 7) is 2.54. The number of rotatable bonds is 3. The van der Waals surface area contributed by atoms with Gasteiger partial charge in [0.2, 0.25) is 11.4 Å². The molecule has 2 fully saturated rings. The minimum atomic E-state index is -0.124. The summed E-state index contributed by atoms with van der Waals surface area (Å²) >= 11 is 0. The van der Waals surface area contributed by atoms with E-state index < -0.39 is 0 Å². The minimum Gasteiger partial charge on any atom is -0.497 e. The number of likely N-dealkylation sites (tertiary alicyclic amines) is 1. The molecule has 2 aliphatic rings. The molecule has 2 aromatic heterocycles. The lowest BCUT2D eigenvalue weighted by atomic mass is 9.89. The molecule has 4 heterocycles. The van der Waals surface area contributed by atoms with Crippen LogP contribution in [-0.2, 0) is 0 Å². The highest BCUT2D eigenvalue weighted by molar-refractivity contribution is 6.03. The number of aromatic nitrogens is 2. The fourth-order valence-electron chi connectivity index (χ4n) is 4.43. The molecular weight excluding hydrogens is 344 g/mol. The number of fused-ring (bicyclic) bond motifs is 2. The van der Waals surface area contributed by atoms with Crippen molar-refractivity contribution in [2.24, 2.45) is 11.8 Å². The Morgan fingerprint density at radius 1 is 1.26 bits per heavy atom. The number of nitrogens with one attached hydrogen (secondary N) is 1. The van der Waals surface area contributed by atoms with Gasteiger partial charge in [0.05, 0.1) is 18.5 Å². The number of ether oxygens (including phenoxy) is 1. The first-order chi connectivity index (χ1) is 13.3. The van der Waals surface area contributed by atoms with Crippen LogP contribution in [0.4, 0.5) is 0 Å². The van der Waals surface area contributed by atoms with E-state index in [9.17, 15) is 4.79 Å². The third-order valence-corrected chi connectivity index (χ3v) is 5.73. The van der Waals surface area contributed by atoms with Crippen LogP contribution >= 0.6 is 0 Å². The molecule has 27 heavy (non-hydrogen) atoms. The predicted octanol–water partition coefficient (Wildman–Crippen LogP) is 2.26. The summed E-state index contributed by atoms with van der Waals surface area (Å²) in [5, 5.41) is 8.06. The smallest absolute Gasteiger partial charge is 0.293 e. The van der Waals surface area contributed by atoms with Crippen LogP contribution in [0.2, 0.25) is 0 Å². The first kappa shape index (κ1) is 16.3. The number of carbonyl (C=O) groups excluding carboxylic acids is 1. The van der Waals surface area contributed by atoms with Crippen LogP contribution in [0.15, 0.2) is 47.1 Å².